The first-order valence-electron chi connectivity index (χ1n) is 5.55. The molecule has 2 atom stereocenters. The van der Waals surface area contributed by atoms with Gasteiger partial charge in [-0.15, -0.1) is 0 Å². The van der Waals surface area contributed by atoms with Gasteiger partial charge >= 0.3 is 5.97 Å². The first-order chi connectivity index (χ1) is 7.17. The third-order valence-electron chi connectivity index (χ3n) is 4.00. The van der Waals surface area contributed by atoms with E-state index in [0.29, 0.717) is 12.8 Å². The lowest BCUT2D eigenvalue weighted by atomic mass is 10.1. The van der Waals surface area contributed by atoms with Gasteiger partial charge in [0.25, 0.3) is 0 Å². The van der Waals surface area contributed by atoms with Crippen molar-refractivity contribution in [2.75, 3.05) is 20.2 Å². The number of ether oxygens (including phenoxy) is 1. The Bertz CT molecular complexity index is 325. The molecule has 2 aliphatic carbocycles. The number of hydrogen-bond acceptors (Lipinski definition) is 3. The summed E-state index contributed by atoms with van der Waals surface area (Å²) in [5, 5.41) is 0. The van der Waals surface area contributed by atoms with E-state index in [1.807, 2.05) is 4.90 Å². The van der Waals surface area contributed by atoms with Gasteiger partial charge in [-0.05, 0) is 31.1 Å². The molecule has 4 nitrogen and oxygen atoms in total. The van der Waals surface area contributed by atoms with Crippen molar-refractivity contribution in [1.82, 2.24) is 4.90 Å². The Morgan fingerprint density at radius 1 is 1.27 bits per heavy atom. The van der Waals surface area contributed by atoms with Crippen molar-refractivity contribution in [3.8, 4) is 0 Å². The van der Waals surface area contributed by atoms with Crippen molar-refractivity contribution >= 4 is 11.9 Å². The van der Waals surface area contributed by atoms with E-state index in [-0.39, 0.29) is 11.9 Å². The van der Waals surface area contributed by atoms with Crippen molar-refractivity contribution in [3.63, 3.8) is 0 Å². The van der Waals surface area contributed by atoms with Crippen LogP contribution in [0.2, 0.25) is 0 Å². The molecule has 0 N–H and O–H groups in total. The first-order valence-corrected chi connectivity index (χ1v) is 5.55. The van der Waals surface area contributed by atoms with Crippen LogP contribution < -0.4 is 0 Å². The van der Waals surface area contributed by atoms with Crippen molar-refractivity contribution in [1.29, 1.82) is 0 Å². The standard InChI is InChI=1S/C11H15NO3/c1-15-10(14)11(2-3-11)9(13)12-5-7-4-8(7)6-12/h7-8H,2-6H2,1H3. The molecule has 82 valence electrons. The van der Waals surface area contributed by atoms with Crippen molar-refractivity contribution in [2.24, 2.45) is 17.3 Å². The highest BCUT2D eigenvalue weighted by molar-refractivity contribution is 6.05. The number of rotatable bonds is 2. The van der Waals surface area contributed by atoms with Gasteiger partial charge in [0.05, 0.1) is 7.11 Å². The molecular formula is C11H15NO3. The molecule has 0 radical (unpaired) electrons. The van der Waals surface area contributed by atoms with Gasteiger partial charge in [-0.1, -0.05) is 0 Å². The Kier molecular flexibility index (Phi) is 1.68. The van der Waals surface area contributed by atoms with Gasteiger partial charge in [-0.25, -0.2) is 0 Å². The smallest absolute Gasteiger partial charge is 0.321 e. The van der Waals surface area contributed by atoms with E-state index in [9.17, 15) is 9.59 Å². The molecule has 3 rings (SSSR count). The summed E-state index contributed by atoms with van der Waals surface area (Å²) in [5.41, 5.74) is -0.786. The fourth-order valence-electron chi connectivity index (χ4n) is 2.69. The average Bonchev–Trinajstić information content (AvgIpc) is 3.16. The van der Waals surface area contributed by atoms with Crippen LogP contribution in [0.25, 0.3) is 0 Å². The molecule has 3 aliphatic rings. The monoisotopic (exact) mass is 209 g/mol. The molecule has 1 aliphatic heterocycles. The number of nitrogens with zero attached hydrogens (tertiary/aromatic N) is 1. The predicted octanol–water partition coefficient (Wildman–Crippen LogP) is 0.418. The second-order valence-electron chi connectivity index (χ2n) is 5.04. The second kappa shape index (κ2) is 2.74. The Morgan fingerprint density at radius 3 is 2.33 bits per heavy atom. The van der Waals surface area contributed by atoms with E-state index in [1.165, 1.54) is 13.5 Å². The molecule has 1 saturated heterocycles. The minimum Gasteiger partial charge on any atom is -0.468 e. The quantitative estimate of drug-likeness (QED) is 0.489. The summed E-state index contributed by atoms with van der Waals surface area (Å²) in [7, 11) is 1.36. The van der Waals surface area contributed by atoms with Gasteiger partial charge < -0.3 is 9.64 Å². The molecule has 0 aromatic heterocycles. The largest absolute Gasteiger partial charge is 0.468 e. The van der Waals surface area contributed by atoms with Crippen LogP contribution in [0.4, 0.5) is 0 Å². The highest BCUT2D eigenvalue weighted by atomic mass is 16.5. The van der Waals surface area contributed by atoms with Crippen LogP contribution in [0.5, 0.6) is 0 Å². The van der Waals surface area contributed by atoms with Crippen LogP contribution in [0, 0.1) is 17.3 Å². The predicted molar refractivity (Wildman–Crippen MR) is 51.9 cm³/mol. The molecule has 0 aromatic rings. The van der Waals surface area contributed by atoms with Gasteiger partial charge in [-0.3, -0.25) is 9.59 Å². The third kappa shape index (κ3) is 1.20. The highest BCUT2D eigenvalue weighted by Crippen LogP contribution is 2.52. The van der Waals surface area contributed by atoms with Gasteiger partial charge in [0.15, 0.2) is 0 Å². The van der Waals surface area contributed by atoms with Crippen LogP contribution in [0.1, 0.15) is 19.3 Å². The molecule has 15 heavy (non-hydrogen) atoms. The Morgan fingerprint density at radius 2 is 1.87 bits per heavy atom. The lowest BCUT2D eigenvalue weighted by Crippen LogP contribution is -2.41. The molecule has 3 fully saturated rings. The summed E-state index contributed by atoms with van der Waals surface area (Å²) in [6.07, 6.45) is 2.61. The minimum absolute atomic E-state index is 0.0153. The maximum atomic E-state index is 12.1. The summed E-state index contributed by atoms with van der Waals surface area (Å²) in [6, 6.07) is 0. The number of methoxy groups -OCH3 is 1. The van der Waals surface area contributed by atoms with E-state index >= 15 is 0 Å². The summed E-state index contributed by atoms with van der Waals surface area (Å²) in [5.74, 6) is 1.12. The van der Waals surface area contributed by atoms with Gasteiger partial charge in [-0.2, -0.15) is 0 Å². The Labute approximate surface area is 88.6 Å². The SMILES string of the molecule is COC(=O)C1(C(=O)N2CC3CC3C2)CC1. The highest BCUT2D eigenvalue weighted by Gasteiger charge is 2.61. The third-order valence-corrected chi connectivity index (χ3v) is 4.00. The van der Waals surface area contributed by atoms with E-state index < -0.39 is 5.41 Å². The van der Waals surface area contributed by atoms with E-state index in [0.717, 1.165) is 24.9 Å². The molecule has 1 amide bonds. The number of carbonyl (C=O) groups is 2. The molecule has 2 saturated carbocycles. The lowest BCUT2D eigenvalue weighted by Gasteiger charge is -2.22. The maximum absolute atomic E-state index is 12.1. The number of hydrogen-bond donors (Lipinski definition) is 0. The Hall–Kier alpha value is -1.06. The number of carbonyl (C=O) groups excluding carboxylic acids is 2. The fourth-order valence-corrected chi connectivity index (χ4v) is 2.69. The number of esters is 1. The van der Waals surface area contributed by atoms with Crippen molar-refractivity contribution in [2.45, 2.75) is 19.3 Å². The van der Waals surface area contributed by atoms with Crippen molar-refractivity contribution < 1.29 is 14.3 Å². The van der Waals surface area contributed by atoms with Gasteiger partial charge in [0, 0.05) is 13.1 Å². The van der Waals surface area contributed by atoms with E-state index in [1.54, 1.807) is 0 Å². The number of likely N-dealkylation sites (tertiary alicyclic amines) is 1. The number of amides is 1. The minimum atomic E-state index is -0.786. The first kappa shape index (κ1) is 9.19. The molecule has 0 aromatic carbocycles. The van der Waals surface area contributed by atoms with Crippen LogP contribution >= 0.6 is 0 Å². The second-order valence-corrected chi connectivity index (χ2v) is 5.04. The van der Waals surface area contributed by atoms with Crippen molar-refractivity contribution in [3.05, 3.63) is 0 Å². The van der Waals surface area contributed by atoms with Gasteiger partial charge in [0.2, 0.25) is 5.91 Å². The van der Waals surface area contributed by atoms with E-state index in [2.05, 4.69) is 0 Å². The van der Waals surface area contributed by atoms with Crippen LogP contribution in [0.15, 0.2) is 0 Å². The van der Waals surface area contributed by atoms with Gasteiger partial charge in [0.1, 0.15) is 5.41 Å². The summed E-state index contributed by atoms with van der Waals surface area (Å²) in [4.78, 5) is 25.5. The summed E-state index contributed by atoms with van der Waals surface area (Å²) in [6.45, 7) is 1.73. The molecule has 0 spiro atoms. The zero-order chi connectivity index (χ0) is 10.6. The molecule has 2 unspecified atom stereocenters. The topological polar surface area (TPSA) is 46.6 Å². The molecule has 0 bridgehead atoms. The molecule has 4 heteroatoms. The normalized spacial score (nSPS) is 34.6. The molecular weight excluding hydrogens is 194 g/mol. The lowest BCUT2D eigenvalue weighted by molar-refractivity contribution is -0.155. The zero-order valence-electron chi connectivity index (χ0n) is 8.86. The molecule has 1 heterocycles. The number of piperidine rings is 1. The fraction of sp³-hybridized carbons (Fsp3) is 0.818. The zero-order valence-corrected chi connectivity index (χ0v) is 8.86. The Balaban J connectivity index is 1.71. The van der Waals surface area contributed by atoms with E-state index in [4.69, 9.17) is 4.74 Å². The van der Waals surface area contributed by atoms with Crippen LogP contribution in [-0.2, 0) is 14.3 Å². The van der Waals surface area contributed by atoms with Crippen LogP contribution in [0.3, 0.4) is 0 Å². The maximum Gasteiger partial charge on any atom is 0.321 e. The van der Waals surface area contributed by atoms with Crippen LogP contribution in [-0.4, -0.2) is 37.0 Å². The summed E-state index contributed by atoms with van der Waals surface area (Å²) >= 11 is 0. The number of fused-ring (bicyclic) bond motifs is 1. The average molecular weight is 209 g/mol. The summed E-state index contributed by atoms with van der Waals surface area (Å²) < 4.78 is 4.71.